The van der Waals surface area contributed by atoms with Gasteiger partial charge in [-0.2, -0.15) is 0 Å². The lowest BCUT2D eigenvalue weighted by molar-refractivity contribution is 0.309. The van der Waals surface area contributed by atoms with Gasteiger partial charge >= 0.3 is 0 Å². The summed E-state index contributed by atoms with van der Waals surface area (Å²) in [5.41, 5.74) is 1.70. The number of hydrogen-bond donors (Lipinski definition) is 0. The molecule has 0 aliphatic heterocycles. The molecule has 0 aliphatic rings. The zero-order valence-corrected chi connectivity index (χ0v) is 9.64. The SMILES string of the molecule is CCCOc1nccc2oc3ccccc3c12. The van der Waals surface area contributed by atoms with Crippen LogP contribution in [0, 0.1) is 0 Å². The molecule has 17 heavy (non-hydrogen) atoms. The van der Waals surface area contributed by atoms with E-state index in [2.05, 4.69) is 11.9 Å². The Morgan fingerprint density at radius 3 is 2.94 bits per heavy atom. The quantitative estimate of drug-likeness (QED) is 0.683. The summed E-state index contributed by atoms with van der Waals surface area (Å²) in [4.78, 5) is 4.28. The predicted molar refractivity (Wildman–Crippen MR) is 67.3 cm³/mol. The first-order valence-electron chi connectivity index (χ1n) is 5.79. The van der Waals surface area contributed by atoms with Gasteiger partial charge in [0.15, 0.2) is 0 Å². The second kappa shape index (κ2) is 4.09. The van der Waals surface area contributed by atoms with Gasteiger partial charge in [-0.15, -0.1) is 0 Å². The van der Waals surface area contributed by atoms with Crippen LogP contribution in [-0.4, -0.2) is 11.6 Å². The normalized spacial score (nSPS) is 11.1. The van der Waals surface area contributed by atoms with Gasteiger partial charge in [0.2, 0.25) is 5.88 Å². The molecule has 0 N–H and O–H groups in total. The summed E-state index contributed by atoms with van der Waals surface area (Å²) in [6, 6.07) is 9.81. The summed E-state index contributed by atoms with van der Waals surface area (Å²) in [7, 11) is 0. The van der Waals surface area contributed by atoms with Gasteiger partial charge in [-0.1, -0.05) is 25.1 Å². The fourth-order valence-electron chi connectivity index (χ4n) is 1.95. The third-order valence-corrected chi connectivity index (χ3v) is 2.70. The smallest absolute Gasteiger partial charge is 0.225 e. The van der Waals surface area contributed by atoms with Gasteiger partial charge in [-0.3, -0.25) is 0 Å². The molecule has 0 spiro atoms. The number of rotatable bonds is 3. The molecule has 0 saturated heterocycles. The Balaban J connectivity index is 2.28. The van der Waals surface area contributed by atoms with Gasteiger partial charge < -0.3 is 9.15 Å². The van der Waals surface area contributed by atoms with Crippen molar-refractivity contribution in [2.24, 2.45) is 0 Å². The van der Waals surface area contributed by atoms with Gasteiger partial charge in [-0.05, 0) is 12.5 Å². The highest BCUT2D eigenvalue weighted by molar-refractivity contribution is 6.07. The minimum Gasteiger partial charge on any atom is -0.477 e. The molecule has 3 heteroatoms. The van der Waals surface area contributed by atoms with Gasteiger partial charge in [0.25, 0.3) is 0 Å². The second-order valence-electron chi connectivity index (χ2n) is 3.94. The van der Waals surface area contributed by atoms with Crippen molar-refractivity contribution in [2.45, 2.75) is 13.3 Å². The zero-order chi connectivity index (χ0) is 11.7. The lowest BCUT2D eigenvalue weighted by atomic mass is 10.2. The molecule has 0 atom stereocenters. The van der Waals surface area contributed by atoms with E-state index in [1.54, 1.807) is 6.20 Å². The molecular weight excluding hydrogens is 214 g/mol. The summed E-state index contributed by atoms with van der Waals surface area (Å²) in [6.45, 7) is 2.75. The Morgan fingerprint density at radius 1 is 1.18 bits per heavy atom. The van der Waals surface area contributed by atoms with Crippen molar-refractivity contribution in [3.63, 3.8) is 0 Å². The lowest BCUT2D eigenvalue weighted by Gasteiger charge is -2.03. The topological polar surface area (TPSA) is 35.3 Å². The van der Waals surface area contributed by atoms with Crippen molar-refractivity contribution in [3.05, 3.63) is 36.5 Å². The monoisotopic (exact) mass is 227 g/mol. The minimum atomic E-state index is 0.661. The Bertz CT molecular complexity index is 657. The van der Waals surface area contributed by atoms with Gasteiger partial charge in [0.05, 0.1) is 12.0 Å². The molecule has 0 saturated carbocycles. The molecule has 0 radical (unpaired) electrons. The van der Waals surface area contributed by atoms with Crippen LogP contribution in [0.2, 0.25) is 0 Å². The van der Waals surface area contributed by atoms with Crippen molar-refractivity contribution in [1.29, 1.82) is 0 Å². The van der Waals surface area contributed by atoms with E-state index >= 15 is 0 Å². The maximum Gasteiger partial charge on any atom is 0.225 e. The van der Waals surface area contributed by atoms with E-state index in [-0.39, 0.29) is 0 Å². The third-order valence-electron chi connectivity index (χ3n) is 2.70. The first kappa shape index (κ1) is 10.1. The van der Waals surface area contributed by atoms with Crippen molar-refractivity contribution in [2.75, 3.05) is 6.61 Å². The highest BCUT2D eigenvalue weighted by Crippen LogP contribution is 2.33. The molecule has 2 aromatic heterocycles. The summed E-state index contributed by atoms with van der Waals surface area (Å²) in [6.07, 6.45) is 2.68. The number of ether oxygens (including phenoxy) is 1. The van der Waals surface area contributed by atoms with Gasteiger partial charge in [0, 0.05) is 17.6 Å². The van der Waals surface area contributed by atoms with E-state index < -0.39 is 0 Å². The fourth-order valence-corrected chi connectivity index (χ4v) is 1.95. The van der Waals surface area contributed by atoms with Crippen molar-refractivity contribution in [3.8, 4) is 5.88 Å². The highest BCUT2D eigenvalue weighted by Gasteiger charge is 2.12. The minimum absolute atomic E-state index is 0.661. The first-order valence-corrected chi connectivity index (χ1v) is 5.79. The molecular formula is C14H13NO2. The molecule has 1 aromatic carbocycles. The van der Waals surface area contributed by atoms with Crippen LogP contribution >= 0.6 is 0 Å². The molecule has 2 heterocycles. The van der Waals surface area contributed by atoms with Crippen molar-refractivity contribution < 1.29 is 9.15 Å². The standard InChI is InChI=1S/C14H13NO2/c1-2-9-16-14-13-10-5-3-4-6-11(10)17-12(13)7-8-15-14/h3-8H,2,9H2,1H3. The Morgan fingerprint density at radius 2 is 2.06 bits per heavy atom. The number of fused-ring (bicyclic) bond motifs is 3. The van der Waals surface area contributed by atoms with Crippen LogP contribution in [0.5, 0.6) is 5.88 Å². The van der Waals surface area contributed by atoms with E-state index in [0.29, 0.717) is 12.5 Å². The molecule has 86 valence electrons. The number of benzene rings is 1. The lowest BCUT2D eigenvalue weighted by Crippen LogP contribution is -1.97. The number of hydrogen-bond acceptors (Lipinski definition) is 3. The summed E-state index contributed by atoms with van der Waals surface area (Å²) >= 11 is 0. The summed E-state index contributed by atoms with van der Waals surface area (Å²) in [5, 5.41) is 2.03. The number of pyridine rings is 1. The van der Waals surface area contributed by atoms with E-state index in [1.165, 1.54) is 0 Å². The van der Waals surface area contributed by atoms with Crippen LogP contribution in [0.15, 0.2) is 40.9 Å². The van der Waals surface area contributed by atoms with Crippen molar-refractivity contribution >= 4 is 21.9 Å². The van der Waals surface area contributed by atoms with Crippen LogP contribution in [0.25, 0.3) is 21.9 Å². The average molecular weight is 227 g/mol. The van der Waals surface area contributed by atoms with E-state index in [9.17, 15) is 0 Å². The molecule has 3 aromatic rings. The van der Waals surface area contributed by atoms with Crippen LogP contribution in [0.1, 0.15) is 13.3 Å². The van der Waals surface area contributed by atoms with Crippen LogP contribution in [-0.2, 0) is 0 Å². The van der Waals surface area contributed by atoms with Gasteiger partial charge in [0.1, 0.15) is 11.2 Å². The third kappa shape index (κ3) is 1.64. The Labute approximate surface area is 99.0 Å². The molecule has 0 bridgehead atoms. The number of furan rings is 1. The second-order valence-corrected chi connectivity index (χ2v) is 3.94. The number of aromatic nitrogens is 1. The number of nitrogens with zero attached hydrogens (tertiary/aromatic N) is 1. The zero-order valence-electron chi connectivity index (χ0n) is 9.64. The van der Waals surface area contributed by atoms with Crippen LogP contribution in [0.3, 0.4) is 0 Å². The molecule has 0 unspecified atom stereocenters. The Kier molecular flexibility index (Phi) is 2.44. The molecule has 0 aliphatic carbocycles. The summed E-state index contributed by atoms with van der Waals surface area (Å²) in [5.74, 6) is 0.661. The van der Waals surface area contributed by atoms with E-state index in [4.69, 9.17) is 9.15 Å². The highest BCUT2D eigenvalue weighted by atomic mass is 16.5. The predicted octanol–water partition coefficient (Wildman–Crippen LogP) is 3.77. The number of para-hydroxylation sites is 1. The van der Waals surface area contributed by atoms with Crippen LogP contribution in [0.4, 0.5) is 0 Å². The fraction of sp³-hybridized carbons (Fsp3) is 0.214. The molecule has 3 nitrogen and oxygen atoms in total. The van der Waals surface area contributed by atoms with Gasteiger partial charge in [-0.25, -0.2) is 4.98 Å². The average Bonchev–Trinajstić information content (AvgIpc) is 2.75. The van der Waals surface area contributed by atoms with Crippen molar-refractivity contribution in [1.82, 2.24) is 4.98 Å². The summed E-state index contributed by atoms with van der Waals surface area (Å²) < 4.78 is 11.4. The maximum absolute atomic E-state index is 5.75. The molecule has 0 amide bonds. The molecule has 0 fully saturated rings. The maximum atomic E-state index is 5.75. The Hall–Kier alpha value is -2.03. The van der Waals surface area contributed by atoms with E-state index in [0.717, 1.165) is 28.4 Å². The molecule has 3 rings (SSSR count). The van der Waals surface area contributed by atoms with Crippen LogP contribution < -0.4 is 4.74 Å². The largest absolute Gasteiger partial charge is 0.477 e. The first-order chi connectivity index (χ1) is 8.40. The van der Waals surface area contributed by atoms with E-state index in [1.807, 2.05) is 30.3 Å².